The van der Waals surface area contributed by atoms with Gasteiger partial charge in [-0.05, 0) is 17.7 Å². The third-order valence-electron chi connectivity index (χ3n) is 3.31. The highest BCUT2D eigenvalue weighted by Gasteiger charge is 2.22. The molecule has 6 nitrogen and oxygen atoms in total. The minimum Gasteiger partial charge on any atom is -0.493 e. The third-order valence-corrected chi connectivity index (χ3v) is 3.31. The van der Waals surface area contributed by atoms with Crippen LogP contribution in [-0.4, -0.2) is 44.0 Å². The van der Waals surface area contributed by atoms with E-state index >= 15 is 0 Å². The van der Waals surface area contributed by atoms with Gasteiger partial charge in [-0.2, -0.15) is 0 Å². The summed E-state index contributed by atoms with van der Waals surface area (Å²) in [6.45, 7) is 1.29. The van der Waals surface area contributed by atoms with Crippen LogP contribution in [0.25, 0.3) is 0 Å². The lowest BCUT2D eigenvalue weighted by Crippen LogP contribution is -2.21. The lowest BCUT2D eigenvalue weighted by molar-refractivity contribution is -0.138. The van der Waals surface area contributed by atoms with Crippen LogP contribution in [0.1, 0.15) is 17.9 Å². The van der Waals surface area contributed by atoms with E-state index < -0.39 is 11.9 Å². The zero-order chi connectivity index (χ0) is 14.5. The Labute approximate surface area is 117 Å². The second-order valence-electron chi connectivity index (χ2n) is 4.64. The first kappa shape index (κ1) is 14.6. The number of carbonyl (C=O) groups is 1. The first-order valence-corrected chi connectivity index (χ1v) is 6.51. The molecule has 110 valence electrons. The molecule has 1 heterocycles. The topological polar surface area (TPSA) is 91.0 Å². The molecule has 0 amide bonds. The molecular formula is C14H19NO5. The van der Waals surface area contributed by atoms with E-state index in [1.54, 1.807) is 18.2 Å². The Kier molecular flexibility index (Phi) is 4.81. The van der Waals surface area contributed by atoms with Gasteiger partial charge in [0.15, 0.2) is 11.5 Å². The van der Waals surface area contributed by atoms with Crippen LogP contribution in [0.5, 0.6) is 11.5 Å². The molecule has 1 saturated heterocycles. The highest BCUT2D eigenvalue weighted by atomic mass is 16.6. The molecule has 2 unspecified atom stereocenters. The van der Waals surface area contributed by atoms with Gasteiger partial charge in [-0.1, -0.05) is 6.07 Å². The molecule has 0 saturated carbocycles. The largest absolute Gasteiger partial charge is 0.493 e. The number of nitrogens with two attached hydrogens (primary N) is 1. The number of benzene rings is 1. The maximum atomic E-state index is 11.1. The van der Waals surface area contributed by atoms with Crippen molar-refractivity contribution >= 4 is 5.97 Å². The summed E-state index contributed by atoms with van der Waals surface area (Å²) in [5.41, 5.74) is 6.10. The Hall–Kier alpha value is -1.79. The van der Waals surface area contributed by atoms with Gasteiger partial charge in [-0.3, -0.25) is 4.79 Å². The molecule has 2 atom stereocenters. The number of hydrogen-bond donors (Lipinski definition) is 2. The van der Waals surface area contributed by atoms with Gasteiger partial charge in [0.1, 0.15) is 6.10 Å². The molecule has 2 rings (SSSR count). The SMILES string of the molecule is COc1cc(C(CN)C(=O)O)ccc1OC1CCOC1. The molecule has 6 heteroatoms. The monoisotopic (exact) mass is 281 g/mol. The Morgan fingerprint density at radius 3 is 2.90 bits per heavy atom. The van der Waals surface area contributed by atoms with Gasteiger partial charge in [-0.25, -0.2) is 0 Å². The molecule has 0 aromatic heterocycles. The molecule has 1 aliphatic rings. The van der Waals surface area contributed by atoms with Crippen LogP contribution in [0, 0.1) is 0 Å². The Bertz CT molecular complexity index is 471. The van der Waals surface area contributed by atoms with Gasteiger partial charge in [0.25, 0.3) is 0 Å². The van der Waals surface area contributed by atoms with Crippen molar-refractivity contribution < 1.29 is 24.1 Å². The summed E-state index contributed by atoms with van der Waals surface area (Å²) < 4.78 is 16.3. The van der Waals surface area contributed by atoms with E-state index in [1.807, 2.05) is 0 Å². The molecular weight excluding hydrogens is 262 g/mol. The van der Waals surface area contributed by atoms with Gasteiger partial charge in [0, 0.05) is 13.0 Å². The highest BCUT2D eigenvalue weighted by Crippen LogP contribution is 2.32. The van der Waals surface area contributed by atoms with E-state index in [2.05, 4.69) is 0 Å². The van der Waals surface area contributed by atoms with Crippen molar-refractivity contribution in [2.45, 2.75) is 18.4 Å². The van der Waals surface area contributed by atoms with E-state index in [0.717, 1.165) is 6.42 Å². The van der Waals surface area contributed by atoms with Crippen molar-refractivity contribution in [3.8, 4) is 11.5 Å². The van der Waals surface area contributed by atoms with Crippen molar-refractivity contribution in [1.82, 2.24) is 0 Å². The first-order valence-electron chi connectivity index (χ1n) is 6.51. The van der Waals surface area contributed by atoms with Crippen LogP contribution in [0.3, 0.4) is 0 Å². The zero-order valence-electron chi connectivity index (χ0n) is 11.4. The second kappa shape index (κ2) is 6.58. The average molecular weight is 281 g/mol. The summed E-state index contributed by atoms with van der Waals surface area (Å²) in [4.78, 5) is 11.1. The molecule has 20 heavy (non-hydrogen) atoms. The number of ether oxygens (including phenoxy) is 3. The van der Waals surface area contributed by atoms with E-state index in [-0.39, 0.29) is 12.6 Å². The fraction of sp³-hybridized carbons (Fsp3) is 0.500. The van der Waals surface area contributed by atoms with Crippen LogP contribution in [0.2, 0.25) is 0 Å². The van der Waals surface area contributed by atoms with Crippen molar-refractivity contribution in [3.63, 3.8) is 0 Å². The summed E-state index contributed by atoms with van der Waals surface area (Å²) >= 11 is 0. The Balaban J connectivity index is 2.20. The molecule has 1 aromatic rings. The number of hydrogen-bond acceptors (Lipinski definition) is 5. The molecule has 1 aromatic carbocycles. The summed E-state index contributed by atoms with van der Waals surface area (Å²) in [6.07, 6.45) is 0.852. The predicted octanol–water partition coefficient (Wildman–Crippen LogP) is 0.990. The minimum atomic E-state index is -0.951. The van der Waals surface area contributed by atoms with Crippen LogP contribution < -0.4 is 15.2 Å². The predicted molar refractivity (Wildman–Crippen MR) is 72.3 cm³/mol. The maximum Gasteiger partial charge on any atom is 0.312 e. The summed E-state index contributed by atoms with van der Waals surface area (Å²) in [6, 6.07) is 5.09. The number of methoxy groups -OCH3 is 1. The van der Waals surface area contributed by atoms with Gasteiger partial charge >= 0.3 is 5.97 Å². The van der Waals surface area contributed by atoms with Crippen LogP contribution >= 0.6 is 0 Å². The second-order valence-corrected chi connectivity index (χ2v) is 4.64. The number of carboxylic acid groups (broad SMARTS) is 1. The molecule has 0 aliphatic carbocycles. The van der Waals surface area contributed by atoms with E-state index in [4.69, 9.17) is 25.1 Å². The summed E-state index contributed by atoms with van der Waals surface area (Å²) in [5, 5.41) is 9.12. The van der Waals surface area contributed by atoms with Crippen molar-refractivity contribution in [2.24, 2.45) is 5.73 Å². The van der Waals surface area contributed by atoms with E-state index in [0.29, 0.717) is 30.3 Å². The van der Waals surface area contributed by atoms with Crippen LogP contribution in [-0.2, 0) is 9.53 Å². The normalized spacial score (nSPS) is 19.6. The molecule has 3 N–H and O–H groups in total. The van der Waals surface area contributed by atoms with Gasteiger partial charge < -0.3 is 25.1 Å². The van der Waals surface area contributed by atoms with Crippen molar-refractivity contribution in [2.75, 3.05) is 26.9 Å². The molecule has 1 aliphatic heterocycles. The zero-order valence-corrected chi connectivity index (χ0v) is 11.4. The Morgan fingerprint density at radius 2 is 2.35 bits per heavy atom. The van der Waals surface area contributed by atoms with E-state index in [1.165, 1.54) is 7.11 Å². The maximum absolute atomic E-state index is 11.1. The van der Waals surface area contributed by atoms with Crippen molar-refractivity contribution in [1.29, 1.82) is 0 Å². The number of aliphatic carboxylic acids is 1. The van der Waals surface area contributed by atoms with Crippen molar-refractivity contribution in [3.05, 3.63) is 23.8 Å². The number of rotatable bonds is 6. The quantitative estimate of drug-likeness (QED) is 0.808. The standard InChI is InChI=1S/C14H19NO5/c1-18-13-6-9(11(7-15)14(16)17)2-3-12(13)20-10-4-5-19-8-10/h2-3,6,10-11H,4-5,7-8,15H2,1H3,(H,16,17). The summed E-state index contributed by atoms with van der Waals surface area (Å²) in [7, 11) is 1.52. The van der Waals surface area contributed by atoms with Crippen LogP contribution in [0.4, 0.5) is 0 Å². The Morgan fingerprint density at radius 1 is 1.55 bits per heavy atom. The molecule has 0 radical (unpaired) electrons. The molecule has 1 fully saturated rings. The summed E-state index contributed by atoms with van der Waals surface area (Å²) in [5.74, 6) is -0.595. The first-order chi connectivity index (χ1) is 9.65. The fourth-order valence-electron chi connectivity index (χ4n) is 2.16. The molecule has 0 bridgehead atoms. The lowest BCUT2D eigenvalue weighted by atomic mass is 9.99. The smallest absolute Gasteiger partial charge is 0.312 e. The highest BCUT2D eigenvalue weighted by molar-refractivity contribution is 5.76. The van der Waals surface area contributed by atoms with Gasteiger partial charge in [0.2, 0.25) is 0 Å². The molecule has 0 spiro atoms. The minimum absolute atomic E-state index is 0.0135. The number of carboxylic acids is 1. The third kappa shape index (κ3) is 3.20. The lowest BCUT2D eigenvalue weighted by Gasteiger charge is -2.17. The average Bonchev–Trinajstić information content (AvgIpc) is 2.93. The van der Waals surface area contributed by atoms with Gasteiger partial charge in [0.05, 0.1) is 26.2 Å². The fourth-order valence-corrected chi connectivity index (χ4v) is 2.16. The van der Waals surface area contributed by atoms with Gasteiger partial charge in [-0.15, -0.1) is 0 Å². The van der Waals surface area contributed by atoms with Crippen LogP contribution in [0.15, 0.2) is 18.2 Å². The van der Waals surface area contributed by atoms with E-state index in [9.17, 15) is 4.79 Å².